The van der Waals surface area contributed by atoms with Crippen LogP contribution < -0.4 is 0 Å². The van der Waals surface area contributed by atoms with E-state index < -0.39 is 29.2 Å². The van der Waals surface area contributed by atoms with Crippen LogP contribution in [-0.4, -0.2) is 30.8 Å². The maximum absolute atomic E-state index is 12.6. The summed E-state index contributed by atoms with van der Waals surface area (Å²) in [6.45, 7) is 0. The molecule has 0 atom stereocenters. The summed E-state index contributed by atoms with van der Waals surface area (Å²) in [6, 6.07) is 2.89. The molecule has 2 heterocycles. The second kappa shape index (κ2) is 4.61. The van der Waals surface area contributed by atoms with Gasteiger partial charge in [-0.25, -0.2) is 19.4 Å². The van der Waals surface area contributed by atoms with Crippen molar-refractivity contribution in [1.82, 2.24) is 19.7 Å². The van der Waals surface area contributed by atoms with Gasteiger partial charge in [-0.1, -0.05) is 0 Å². The molecular weight excluding hydrogens is 279 g/mol. The highest BCUT2D eigenvalue weighted by atomic mass is 19.4. The second-order valence-corrected chi connectivity index (χ2v) is 3.50. The van der Waals surface area contributed by atoms with Crippen molar-refractivity contribution in [2.75, 3.05) is 0 Å². The van der Waals surface area contributed by atoms with E-state index in [1.54, 1.807) is 6.07 Å². The minimum Gasteiger partial charge on any atom is -0.478 e. The number of halogens is 3. The number of alkyl halides is 3. The first-order chi connectivity index (χ1) is 9.32. The summed E-state index contributed by atoms with van der Waals surface area (Å²) in [7, 11) is 0. The highest BCUT2D eigenvalue weighted by molar-refractivity contribution is 5.91. The molecule has 1 N–H and O–H groups in total. The van der Waals surface area contributed by atoms with Gasteiger partial charge in [-0.3, -0.25) is 0 Å². The lowest BCUT2D eigenvalue weighted by Gasteiger charge is -2.09. The van der Waals surface area contributed by atoms with Gasteiger partial charge in [0.15, 0.2) is 5.82 Å². The summed E-state index contributed by atoms with van der Waals surface area (Å²) in [6.07, 6.45) is -3.82. The molecule has 20 heavy (non-hydrogen) atoms. The van der Waals surface area contributed by atoms with Gasteiger partial charge in [0.25, 0.3) is 5.82 Å². The zero-order valence-corrected chi connectivity index (χ0v) is 9.46. The summed E-state index contributed by atoms with van der Waals surface area (Å²) in [5.41, 5.74) is -1.76. The average molecular weight is 283 g/mol. The normalized spacial score (nSPS) is 11.1. The number of pyridine rings is 1. The van der Waals surface area contributed by atoms with Gasteiger partial charge in [-0.2, -0.15) is 18.4 Å². The topological polar surface area (TPSA) is 105 Å². The minimum atomic E-state index is -4.73. The van der Waals surface area contributed by atoms with Gasteiger partial charge >= 0.3 is 12.1 Å². The molecule has 2 aromatic rings. The number of rotatable bonds is 2. The minimum absolute atomic E-state index is 0.319. The van der Waals surface area contributed by atoms with Crippen molar-refractivity contribution >= 4 is 5.97 Å². The number of carbonyl (C=O) groups is 1. The van der Waals surface area contributed by atoms with Crippen molar-refractivity contribution in [3.8, 4) is 11.9 Å². The van der Waals surface area contributed by atoms with E-state index in [-0.39, 0.29) is 5.82 Å². The third-order valence-electron chi connectivity index (χ3n) is 2.20. The summed E-state index contributed by atoms with van der Waals surface area (Å²) in [5, 5.41) is 21.0. The maximum Gasteiger partial charge on any atom is 0.433 e. The Morgan fingerprint density at radius 1 is 1.40 bits per heavy atom. The van der Waals surface area contributed by atoms with Crippen LogP contribution in [0, 0.1) is 11.3 Å². The molecule has 102 valence electrons. The first-order valence-corrected chi connectivity index (χ1v) is 4.96. The van der Waals surface area contributed by atoms with Gasteiger partial charge in [-0.05, 0) is 12.1 Å². The van der Waals surface area contributed by atoms with Crippen LogP contribution in [0.1, 0.15) is 21.9 Å². The van der Waals surface area contributed by atoms with E-state index >= 15 is 0 Å². The van der Waals surface area contributed by atoms with Crippen molar-refractivity contribution in [3.63, 3.8) is 0 Å². The van der Waals surface area contributed by atoms with E-state index in [0.717, 1.165) is 12.4 Å². The van der Waals surface area contributed by atoms with Crippen LogP contribution in [0.2, 0.25) is 0 Å². The fourth-order valence-corrected chi connectivity index (χ4v) is 1.36. The third-order valence-corrected chi connectivity index (χ3v) is 2.20. The van der Waals surface area contributed by atoms with Crippen LogP contribution in [0.5, 0.6) is 0 Å². The first kappa shape index (κ1) is 13.5. The number of carboxylic acids is 1. The van der Waals surface area contributed by atoms with Gasteiger partial charge in [0.2, 0.25) is 0 Å². The van der Waals surface area contributed by atoms with E-state index in [0.29, 0.717) is 10.7 Å². The predicted molar refractivity (Wildman–Crippen MR) is 55.8 cm³/mol. The molecule has 0 aliphatic rings. The lowest BCUT2D eigenvalue weighted by Crippen LogP contribution is -2.14. The van der Waals surface area contributed by atoms with Gasteiger partial charge in [0, 0.05) is 0 Å². The molecule has 0 spiro atoms. The Morgan fingerprint density at radius 2 is 2.10 bits per heavy atom. The number of carboxylic acid groups (broad SMARTS) is 1. The number of nitrogens with zero attached hydrogens (tertiary/aromatic N) is 5. The molecule has 0 bridgehead atoms. The molecule has 2 rings (SSSR count). The van der Waals surface area contributed by atoms with Crippen molar-refractivity contribution in [1.29, 1.82) is 5.26 Å². The van der Waals surface area contributed by atoms with Crippen LogP contribution in [-0.2, 0) is 6.18 Å². The molecular formula is C10H4F3N5O2. The maximum atomic E-state index is 12.6. The Labute approximate surface area is 108 Å². The molecule has 0 radical (unpaired) electrons. The summed E-state index contributed by atoms with van der Waals surface area (Å²) < 4.78 is 38.4. The zero-order chi connectivity index (χ0) is 14.9. The van der Waals surface area contributed by atoms with Crippen molar-refractivity contribution in [2.45, 2.75) is 6.18 Å². The van der Waals surface area contributed by atoms with E-state index in [1.165, 1.54) is 0 Å². The molecule has 0 fully saturated rings. The highest BCUT2D eigenvalue weighted by Gasteiger charge is 2.34. The van der Waals surface area contributed by atoms with E-state index in [4.69, 9.17) is 10.4 Å². The smallest absolute Gasteiger partial charge is 0.433 e. The number of aromatic carboxylic acids is 1. The Morgan fingerprint density at radius 3 is 2.60 bits per heavy atom. The molecule has 0 aromatic carbocycles. The molecule has 0 amide bonds. The SMILES string of the molecule is N#Cc1ncn(-c2nc(C(F)(F)F)ccc2C(=O)O)n1. The molecule has 0 saturated carbocycles. The zero-order valence-electron chi connectivity index (χ0n) is 9.46. The summed E-state index contributed by atoms with van der Waals surface area (Å²) in [5.74, 6) is -2.36. The summed E-state index contributed by atoms with van der Waals surface area (Å²) in [4.78, 5) is 17.7. The van der Waals surface area contributed by atoms with Crippen LogP contribution in [0.25, 0.3) is 5.82 Å². The van der Waals surface area contributed by atoms with Crippen LogP contribution in [0.15, 0.2) is 18.5 Å². The molecule has 2 aromatic heterocycles. The molecule has 0 saturated heterocycles. The Hall–Kier alpha value is -2.96. The molecule has 0 aliphatic heterocycles. The summed E-state index contributed by atoms with van der Waals surface area (Å²) >= 11 is 0. The van der Waals surface area contributed by atoms with Gasteiger partial charge in [0.05, 0.1) is 0 Å². The average Bonchev–Trinajstić information content (AvgIpc) is 2.85. The van der Waals surface area contributed by atoms with Crippen molar-refractivity contribution < 1.29 is 23.1 Å². The quantitative estimate of drug-likeness (QED) is 0.889. The first-order valence-electron chi connectivity index (χ1n) is 4.96. The third kappa shape index (κ3) is 2.41. The Bertz CT molecular complexity index is 716. The highest BCUT2D eigenvalue weighted by Crippen LogP contribution is 2.29. The number of nitriles is 1. The molecule has 7 nitrogen and oxygen atoms in total. The molecule has 0 aliphatic carbocycles. The largest absolute Gasteiger partial charge is 0.478 e. The molecule has 0 unspecified atom stereocenters. The number of hydrogen-bond acceptors (Lipinski definition) is 5. The number of hydrogen-bond donors (Lipinski definition) is 1. The van der Waals surface area contributed by atoms with E-state index in [1.807, 2.05) is 0 Å². The number of aromatic nitrogens is 4. The van der Waals surface area contributed by atoms with E-state index in [9.17, 15) is 18.0 Å². The fourth-order valence-electron chi connectivity index (χ4n) is 1.36. The lowest BCUT2D eigenvalue weighted by atomic mass is 10.2. The van der Waals surface area contributed by atoms with Crippen molar-refractivity contribution in [3.05, 3.63) is 35.5 Å². The van der Waals surface area contributed by atoms with Crippen molar-refractivity contribution in [2.24, 2.45) is 0 Å². The Balaban J connectivity index is 2.64. The lowest BCUT2D eigenvalue weighted by molar-refractivity contribution is -0.141. The fraction of sp³-hybridized carbons (Fsp3) is 0.100. The van der Waals surface area contributed by atoms with Crippen LogP contribution in [0.3, 0.4) is 0 Å². The second-order valence-electron chi connectivity index (χ2n) is 3.50. The monoisotopic (exact) mass is 283 g/mol. The standard InChI is InChI=1S/C10H4F3N5O2/c11-10(12,13)6-2-1-5(9(19)20)8(16-6)18-4-15-7(3-14)17-18/h1-2,4H,(H,19,20). The predicted octanol–water partition coefficient (Wildman–Crippen LogP) is 1.25. The van der Waals surface area contributed by atoms with Crippen LogP contribution >= 0.6 is 0 Å². The van der Waals surface area contributed by atoms with Gasteiger partial charge in [0.1, 0.15) is 23.7 Å². The van der Waals surface area contributed by atoms with Gasteiger partial charge < -0.3 is 5.11 Å². The molecule has 10 heteroatoms. The van der Waals surface area contributed by atoms with Crippen LogP contribution in [0.4, 0.5) is 13.2 Å². The van der Waals surface area contributed by atoms with E-state index in [2.05, 4.69) is 15.1 Å². The Kier molecular flexibility index (Phi) is 3.11. The van der Waals surface area contributed by atoms with Gasteiger partial charge in [-0.15, -0.1) is 5.10 Å².